The summed E-state index contributed by atoms with van der Waals surface area (Å²) in [5.74, 6) is 0.269. The van der Waals surface area contributed by atoms with E-state index in [-0.39, 0.29) is 11.5 Å². The normalized spacial score (nSPS) is 10.5. The topological polar surface area (TPSA) is 67.8 Å². The molecule has 1 rings (SSSR count). The maximum Gasteiger partial charge on any atom is 0.411 e. The Morgan fingerprint density at radius 2 is 1.58 bits per heavy atom. The predicted octanol–water partition coefficient (Wildman–Crippen LogP) is 6.26. The van der Waals surface area contributed by atoms with Crippen LogP contribution in [0.5, 0.6) is 11.5 Å². The number of benzene rings is 1. The van der Waals surface area contributed by atoms with Crippen LogP contribution in [-0.4, -0.2) is 24.4 Å². The molecule has 0 saturated heterocycles. The minimum Gasteiger partial charge on any atom is -0.504 e. The highest BCUT2D eigenvalue weighted by molar-refractivity contribution is 5.87. The molecule has 1 aromatic carbocycles. The number of nitrogens with one attached hydrogen (secondary N) is 1. The maximum absolute atomic E-state index is 11.9. The number of anilines is 1. The summed E-state index contributed by atoms with van der Waals surface area (Å²) in [5, 5.41) is 12.4. The first kappa shape index (κ1) is 22.1. The van der Waals surface area contributed by atoms with Gasteiger partial charge in [0.1, 0.15) is 0 Å². The molecule has 0 fully saturated rings. The van der Waals surface area contributed by atoms with Gasteiger partial charge in [0.05, 0.1) is 18.9 Å². The van der Waals surface area contributed by atoms with Crippen molar-refractivity contribution in [3.05, 3.63) is 18.2 Å². The van der Waals surface area contributed by atoms with Crippen LogP contribution in [0.3, 0.4) is 0 Å². The van der Waals surface area contributed by atoms with E-state index in [0.29, 0.717) is 18.9 Å². The van der Waals surface area contributed by atoms with Gasteiger partial charge in [-0.2, -0.15) is 0 Å². The second-order valence-corrected chi connectivity index (χ2v) is 6.53. The minimum atomic E-state index is -0.521. The van der Waals surface area contributed by atoms with Gasteiger partial charge >= 0.3 is 6.09 Å². The molecule has 0 aromatic heterocycles. The Hall–Kier alpha value is -1.91. The molecule has 0 aliphatic heterocycles. The maximum atomic E-state index is 11.9. The third-order valence-corrected chi connectivity index (χ3v) is 4.25. The van der Waals surface area contributed by atoms with Crippen molar-refractivity contribution < 1.29 is 19.4 Å². The van der Waals surface area contributed by atoms with Gasteiger partial charge in [-0.1, -0.05) is 70.8 Å². The number of amides is 1. The third kappa shape index (κ3) is 9.54. The predicted molar refractivity (Wildman–Crippen MR) is 106 cm³/mol. The number of phenols is 1. The number of ether oxygens (including phenoxy) is 2. The van der Waals surface area contributed by atoms with Gasteiger partial charge in [0.15, 0.2) is 11.5 Å². The van der Waals surface area contributed by atoms with Crippen molar-refractivity contribution in [2.24, 2.45) is 0 Å². The van der Waals surface area contributed by atoms with Crippen LogP contribution in [0.2, 0.25) is 0 Å². The highest BCUT2D eigenvalue weighted by Crippen LogP contribution is 2.34. The molecule has 5 heteroatoms. The molecule has 0 aliphatic carbocycles. The molecule has 0 heterocycles. The zero-order valence-electron chi connectivity index (χ0n) is 16.4. The van der Waals surface area contributed by atoms with Gasteiger partial charge in [-0.05, 0) is 25.5 Å². The largest absolute Gasteiger partial charge is 0.504 e. The third-order valence-electron chi connectivity index (χ3n) is 4.25. The molecule has 26 heavy (non-hydrogen) atoms. The summed E-state index contributed by atoms with van der Waals surface area (Å²) >= 11 is 0. The highest BCUT2D eigenvalue weighted by atomic mass is 16.5. The second-order valence-electron chi connectivity index (χ2n) is 6.53. The van der Waals surface area contributed by atoms with Gasteiger partial charge in [-0.15, -0.1) is 0 Å². The molecule has 1 amide bonds. The first-order valence-electron chi connectivity index (χ1n) is 10.1. The van der Waals surface area contributed by atoms with Crippen LogP contribution in [0.25, 0.3) is 0 Å². The summed E-state index contributed by atoms with van der Waals surface area (Å²) in [6.07, 6.45) is 11.9. The highest BCUT2D eigenvalue weighted by Gasteiger charge is 2.12. The van der Waals surface area contributed by atoms with Crippen molar-refractivity contribution in [3.8, 4) is 11.5 Å². The zero-order chi connectivity index (χ0) is 19.0. The van der Waals surface area contributed by atoms with E-state index >= 15 is 0 Å². The summed E-state index contributed by atoms with van der Waals surface area (Å²) in [4.78, 5) is 11.9. The van der Waals surface area contributed by atoms with E-state index in [1.807, 2.05) is 6.92 Å². The number of aromatic hydroxyl groups is 1. The molecule has 0 spiro atoms. The average Bonchev–Trinajstić information content (AvgIpc) is 2.62. The van der Waals surface area contributed by atoms with Gasteiger partial charge in [-0.25, -0.2) is 4.79 Å². The molecule has 148 valence electrons. The zero-order valence-corrected chi connectivity index (χ0v) is 16.4. The lowest BCUT2D eigenvalue weighted by Crippen LogP contribution is -2.15. The SMILES string of the molecule is CCCCCCCCCCCCOC(=O)Nc1cccc(O)c1OCC. The van der Waals surface area contributed by atoms with Crippen LogP contribution in [0.15, 0.2) is 18.2 Å². The quantitative estimate of drug-likeness (QED) is 0.382. The number of carbonyl (C=O) groups is 1. The van der Waals surface area contributed by atoms with Crippen molar-refractivity contribution in [2.45, 2.75) is 78.1 Å². The summed E-state index contributed by atoms with van der Waals surface area (Å²) in [6, 6.07) is 4.84. The van der Waals surface area contributed by atoms with Crippen molar-refractivity contribution >= 4 is 11.8 Å². The molecule has 1 aromatic rings. The van der Waals surface area contributed by atoms with Crippen molar-refractivity contribution in [1.82, 2.24) is 0 Å². The van der Waals surface area contributed by atoms with Crippen LogP contribution in [0, 0.1) is 0 Å². The molecule has 0 atom stereocenters. The van der Waals surface area contributed by atoms with Gasteiger partial charge in [-0.3, -0.25) is 5.32 Å². The molecular weight excluding hydrogens is 330 g/mol. The second kappa shape index (κ2) is 14.3. The number of hydrogen-bond acceptors (Lipinski definition) is 4. The fourth-order valence-electron chi connectivity index (χ4n) is 2.82. The molecular formula is C21H35NO4. The van der Waals surface area contributed by atoms with Crippen LogP contribution in [0.1, 0.15) is 78.1 Å². The Bertz CT molecular complexity index is 505. The Labute approximate surface area is 158 Å². The standard InChI is InChI=1S/C21H35NO4/c1-3-5-6-7-8-9-10-11-12-13-17-26-21(24)22-18-15-14-16-19(23)20(18)25-4-2/h14-16,23H,3-13,17H2,1-2H3,(H,22,24). The average molecular weight is 366 g/mol. The molecule has 0 radical (unpaired) electrons. The molecule has 0 aliphatic rings. The number of unbranched alkanes of at least 4 members (excludes halogenated alkanes) is 9. The first-order valence-corrected chi connectivity index (χ1v) is 10.1. The van der Waals surface area contributed by atoms with Crippen molar-refractivity contribution in [1.29, 1.82) is 0 Å². The Balaban J connectivity index is 2.10. The van der Waals surface area contributed by atoms with Crippen LogP contribution in [-0.2, 0) is 4.74 Å². The van der Waals surface area contributed by atoms with E-state index in [1.54, 1.807) is 12.1 Å². The Kier molecular flexibility index (Phi) is 12.2. The van der Waals surface area contributed by atoms with Gasteiger partial charge in [0, 0.05) is 0 Å². The summed E-state index contributed by atoms with van der Waals surface area (Å²) in [5.41, 5.74) is 0.417. The summed E-state index contributed by atoms with van der Waals surface area (Å²) in [6.45, 7) is 4.87. The van der Waals surface area contributed by atoms with Gasteiger partial charge < -0.3 is 14.6 Å². The number of rotatable bonds is 14. The lowest BCUT2D eigenvalue weighted by molar-refractivity contribution is 0.159. The Morgan fingerprint density at radius 1 is 0.962 bits per heavy atom. The summed E-state index contributed by atoms with van der Waals surface area (Å²) in [7, 11) is 0. The number of phenolic OH excluding ortho intramolecular Hbond substituents is 1. The minimum absolute atomic E-state index is 0.000607. The Morgan fingerprint density at radius 3 is 2.19 bits per heavy atom. The van der Waals surface area contributed by atoms with Crippen LogP contribution >= 0.6 is 0 Å². The smallest absolute Gasteiger partial charge is 0.411 e. The van der Waals surface area contributed by atoms with Crippen molar-refractivity contribution in [2.75, 3.05) is 18.5 Å². The van der Waals surface area contributed by atoms with E-state index in [1.165, 1.54) is 57.4 Å². The summed E-state index contributed by atoms with van der Waals surface area (Å²) < 4.78 is 10.6. The number of carbonyl (C=O) groups excluding carboxylic acids is 1. The lowest BCUT2D eigenvalue weighted by Gasteiger charge is -2.12. The molecule has 5 nitrogen and oxygen atoms in total. The van der Waals surface area contributed by atoms with Crippen LogP contribution in [0.4, 0.5) is 10.5 Å². The molecule has 2 N–H and O–H groups in total. The monoisotopic (exact) mass is 365 g/mol. The van der Waals surface area contributed by atoms with Gasteiger partial charge in [0.2, 0.25) is 0 Å². The van der Waals surface area contributed by atoms with E-state index in [0.717, 1.165) is 12.8 Å². The molecule has 0 saturated carbocycles. The number of para-hydroxylation sites is 1. The van der Waals surface area contributed by atoms with E-state index in [4.69, 9.17) is 9.47 Å². The lowest BCUT2D eigenvalue weighted by atomic mass is 10.1. The van der Waals surface area contributed by atoms with E-state index < -0.39 is 6.09 Å². The fourth-order valence-corrected chi connectivity index (χ4v) is 2.82. The van der Waals surface area contributed by atoms with Crippen LogP contribution < -0.4 is 10.1 Å². The van der Waals surface area contributed by atoms with Crippen molar-refractivity contribution in [3.63, 3.8) is 0 Å². The number of hydrogen-bond donors (Lipinski definition) is 2. The van der Waals surface area contributed by atoms with E-state index in [9.17, 15) is 9.90 Å². The molecule has 0 bridgehead atoms. The van der Waals surface area contributed by atoms with Gasteiger partial charge in [0.25, 0.3) is 0 Å². The molecule has 0 unspecified atom stereocenters. The first-order chi connectivity index (χ1) is 12.7. The fraction of sp³-hybridized carbons (Fsp3) is 0.667. The van der Waals surface area contributed by atoms with E-state index in [2.05, 4.69) is 12.2 Å².